The Morgan fingerprint density at radius 1 is 1.23 bits per heavy atom. The molecule has 0 bridgehead atoms. The first kappa shape index (κ1) is 22.7. The third-order valence-corrected chi connectivity index (χ3v) is 6.84. The minimum atomic E-state index is -0.193. The van der Waals surface area contributed by atoms with Crippen molar-refractivity contribution in [3.05, 3.63) is 53.2 Å². The number of hydrogen-bond acceptors (Lipinski definition) is 7. The fraction of sp³-hybridized carbons (Fsp3) is 0.269. The minimum Gasteiger partial charge on any atom is -0.494 e. The maximum absolute atomic E-state index is 12.8. The molecule has 8 nitrogen and oxygen atoms in total. The van der Waals surface area contributed by atoms with E-state index in [2.05, 4.69) is 11.2 Å². The van der Waals surface area contributed by atoms with Gasteiger partial charge in [0.05, 0.1) is 29.6 Å². The van der Waals surface area contributed by atoms with E-state index in [1.807, 2.05) is 50.2 Å². The summed E-state index contributed by atoms with van der Waals surface area (Å²) in [5, 5.41) is 8.46. The summed E-state index contributed by atoms with van der Waals surface area (Å²) in [5.74, 6) is 4.73. The van der Waals surface area contributed by atoms with Gasteiger partial charge in [-0.2, -0.15) is 9.78 Å². The molecule has 0 unspecified atom stereocenters. The molecule has 0 fully saturated rings. The van der Waals surface area contributed by atoms with Crippen LogP contribution < -0.4 is 19.5 Å². The van der Waals surface area contributed by atoms with Gasteiger partial charge < -0.3 is 19.5 Å². The molecule has 35 heavy (non-hydrogen) atoms. The lowest BCUT2D eigenvalue weighted by molar-refractivity contribution is -0.116. The van der Waals surface area contributed by atoms with E-state index in [1.54, 1.807) is 11.8 Å². The zero-order valence-corrected chi connectivity index (χ0v) is 20.4. The maximum atomic E-state index is 12.8. The van der Waals surface area contributed by atoms with Crippen molar-refractivity contribution in [3.63, 3.8) is 0 Å². The molecule has 0 spiro atoms. The van der Waals surface area contributed by atoms with Gasteiger partial charge in [0, 0.05) is 17.9 Å². The fourth-order valence-corrected chi connectivity index (χ4v) is 5.30. The summed E-state index contributed by atoms with van der Waals surface area (Å²) < 4.78 is 19.4. The third kappa shape index (κ3) is 4.17. The Morgan fingerprint density at radius 3 is 2.86 bits per heavy atom. The third-order valence-electron chi connectivity index (χ3n) is 5.84. The number of benzene rings is 2. The molecule has 4 aromatic rings. The summed E-state index contributed by atoms with van der Waals surface area (Å²) in [4.78, 5) is 17.5. The predicted molar refractivity (Wildman–Crippen MR) is 135 cm³/mol. The van der Waals surface area contributed by atoms with Crippen molar-refractivity contribution >= 4 is 33.3 Å². The number of carbonyl (C=O) groups excluding carboxylic acids is 1. The quantitative estimate of drug-likeness (QED) is 0.380. The summed E-state index contributed by atoms with van der Waals surface area (Å²) >= 11 is 1.50. The van der Waals surface area contributed by atoms with Crippen LogP contribution in [0.4, 0.5) is 5.82 Å². The van der Waals surface area contributed by atoms with Crippen LogP contribution in [0.25, 0.3) is 15.3 Å². The van der Waals surface area contributed by atoms with Gasteiger partial charge in [-0.15, -0.1) is 6.42 Å². The Balaban J connectivity index is 1.57. The van der Waals surface area contributed by atoms with Gasteiger partial charge in [0.25, 0.3) is 0 Å². The van der Waals surface area contributed by atoms with Crippen molar-refractivity contribution in [2.75, 3.05) is 25.6 Å². The van der Waals surface area contributed by atoms with E-state index in [4.69, 9.17) is 30.7 Å². The Kier molecular flexibility index (Phi) is 6.05. The molecule has 1 atom stereocenters. The second-order valence-electron chi connectivity index (χ2n) is 8.03. The Labute approximate surface area is 206 Å². The number of hydrogen-bond donors (Lipinski definition) is 1. The topological polar surface area (TPSA) is 87.5 Å². The predicted octanol–water partition coefficient (Wildman–Crippen LogP) is 4.68. The number of nitrogens with one attached hydrogen (secondary N) is 1. The molecule has 1 amide bonds. The van der Waals surface area contributed by atoms with Gasteiger partial charge in [-0.3, -0.25) is 4.79 Å². The number of ether oxygens (including phenoxy) is 3. The first-order valence-electron chi connectivity index (χ1n) is 11.2. The maximum Gasteiger partial charge on any atom is 0.226 e. The van der Waals surface area contributed by atoms with E-state index >= 15 is 0 Å². The van der Waals surface area contributed by atoms with Crippen LogP contribution in [0.3, 0.4) is 0 Å². The normalized spacial score (nSPS) is 14.8. The molecule has 3 heterocycles. The van der Waals surface area contributed by atoms with Crippen molar-refractivity contribution in [2.45, 2.75) is 26.2 Å². The zero-order valence-electron chi connectivity index (χ0n) is 19.6. The van der Waals surface area contributed by atoms with E-state index in [9.17, 15) is 4.79 Å². The van der Waals surface area contributed by atoms with Gasteiger partial charge >= 0.3 is 0 Å². The van der Waals surface area contributed by atoms with Crippen molar-refractivity contribution in [1.29, 1.82) is 0 Å². The Morgan fingerprint density at radius 2 is 2.09 bits per heavy atom. The molecule has 0 saturated heterocycles. The highest BCUT2D eigenvalue weighted by Crippen LogP contribution is 2.43. The number of aryl methyl sites for hydroxylation is 1. The highest BCUT2D eigenvalue weighted by atomic mass is 32.1. The molecule has 2 aromatic heterocycles. The highest BCUT2D eigenvalue weighted by molar-refractivity contribution is 7.20. The lowest BCUT2D eigenvalue weighted by Crippen LogP contribution is -2.25. The largest absolute Gasteiger partial charge is 0.494 e. The van der Waals surface area contributed by atoms with Crippen molar-refractivity contribution in [2.24, 2.45) is 0 Å². The van der Waals surface area contributed by atoms with Gasteiger partial charge in [-0.1, -0.05) is 23.3 Å². The smallest absolute Gasteiger partial charge is 0.226 e. The fourth-order valence-electron chi connectivity index (χ4n) is 4.35. The van der Waals surface area contributed by atoms with Crippen molar-refractivity contribution in [1.82, 2.24) is 14.8 Å². The minimum absolute atomic E-state index is 0.0879. The van der Waals surface area contributed by atoms with Gasteiger partial charge in [-0.25, -0.2) is 4.98 Å². The van der Waals surface area contributed by atoms with Crippen molar-refractivity contribution in [3.8, 4) is 34.7 Å². The molecule has 0 aliphatic carbocycles. The summed E-state index contributed by atoms with van der Waals surface area (Å²) in [6.45, 7) is 4.64. The lowest BCUT2D eigenvalue weighted by atomic mass is 9.85. The van der Waals surface area contributed by atoms with Crippen molar-refractivity contribution < 1.29 is 19.0 Å². The molecule has 2 aromatic carbocycles. The van der Waals surface area contributed by atoms with Crippen LogP contribution >= 0.6 is 11.3 Å². The van der Waals surface area contributed by atoms with Gasteiger partial charge in [0.2, 0.25) is 11.0 Å². The van der Waals surface area contributed by atoms with E-state index in [0.29, 0.717) is 35.5 Å². The summed E-state index contributed by atoms with van der Waals surface area (Å²) in [6.07, 6.45) is 5.61. The standard InChI is InChI=1S/C26H24N4O4S/c1-5-11-34-20-10-7-16(12-21(20)32-4)18-14-23(31)28-25-24(18)15(3)29-30(25)26-27-19-9-8-17(33-6-2)13-22(19)35-26/h1,7-10,12-13,18H,6,11,14H2,2-4H3,(H,28,31)/t18-/m0/s1. The van der Waals surface area contributed by atoms with E-state index in [0.717, 1.165) is 32.8 Å². The number of thiazole rings is 1. The molecular formula is C26H24N4O4S. The second-order valence-corrected chi connectivity index (χ2v) is 9.04. The molecule has 1 N–H and O–H groups in total. The summed E-state index contributed by atoms with van der Waals surface area (Å²) in [6, 6.07) is 11.5. The molecule has 0 radical (unpaired) electrons. The molecule has 5 rings (SSSR count). The van der Waals surface area contributed by atoms with Crippen LogP contribution in [0.5, 0.6) is 17.2 Å². The van der Waals surface area contributed by atoms with Crippen LogP contribution in [0.2, 0.25) is 0 Å². The Hall–Kier alpha value is -4.03. The number of anilines is 1. The monoisotopic (exact) mass is 488 g/mol. The molecule has 1 aliphatic rings. The number of terminal acetylenes is 1. The highest BCUT2D eigenvalue weighted by Gasteiger charge is 2.33. The molecule has 9 heteroatoms. The van der Waals surface area contributed by atoms with Gasteiger partial charge in [-0.05, 0) is 49.7 Å². The van der Waals surface area contributed by atoms with Crippen LogP contribution in [-0.2, 0) is 4.79 Å². The molecular weight excluding hydrogens is 464 g/mol. The molecule has 178 valence electrons. The number of carbonyl (C=O) groups is 1. The number of fused-ring (bicyclic) bond motifs is 2. The number of amides is 1. The van der Waals surface area contributed by atoms with E-state index in [1.165, 1.54) is 11.3 Å². The Bertz CT molecular complexity index is 1470. The lowest BCUT2D eigenvalue weighted by Gasteiger charge is -2.24. The molecule has 1 aliphatic heterocycles. The van der Waals surface area contributed by atoms with Gasteiger partial charge in [0.15, 0.2) is 11.5 Å². The first-order valence-corrected chi connectivity index (χ1v) is 12.0. The number of nitrogens with zero attached hydrogens (tertiary/aromatic N) is 3. The molecule has 0 saturated carbocycles. The number of aromatic nitrogens is 3. The summed E-state index contributed by atoms with van der Waals surface area (Å²) in [7, 11) is 1.58. The van der Waals surface area contributed by atoms with Crippen LogP contribution in [-0.4, -0.2) is 41.0 Å². The van der Waals surface area contributed by atoms with E-state index in [-0.39, 0.29) is 18.4 Å². The van der Waals surface area contributed by atoms with Crippen LogP contribution in [0.1, 0.15) is 36.1 Å². The summed E-state index contributed by atoms with van der Waals surface area (Å²) in [5.41, 5.74) is 3.56. The zero-order chi connectivity index (χ0) is 24.5. The van der Waals surface area contributed by atoms with Crippen LogP contribution in [0.15, 0.2) is 36.4 Å². The second kappa shape index (κ2) is 9.31. The number of methoxy groups -OCH3 is 1. The van der Waals surface area contributed by atoms with E-state index < -0.39 is 0 Å². The average molecular weight is 489 g/mol. The average Bonchev–Trinajstić information content (AvgIpc) is 3.42. The SMILES string of the molecule is C#CCOc1ccc([C@@H]2CC(=O)Nc3c2c(C)nn3-c2nc3ccc(OCC)cc3s2)cc1OC. The van der Waals surface area contributed by atoms with Crippen LogP contribution in [0, 0.1) is 19.3 Å². The first-order chi connectivity index (χ1) is 17.0. The number of rotatable bonds is 7. The van der Waals surface area contributed by atoms with Gasteiger partial charge in [0.1, 0.15) is 18.2 Å².